The van der Waals surface area contributed by atoms with Crippen molar-refractivity contribution in [3.63, 3.8) is 0 Å². The van der Waals surface area contributed by atoms with Gasteiger partial charge in [0.15, 0.2) is 6.29 Å². The molecule has 2 amide bonds. The number of methoxy groups -OCH3 is 1. The van der Waals surface area contributed by atoms with Crippen LogP contribution < -0.4 is 5.32 Å². The number of nitrogens with one attached hydrogen (secondary N) is 1. The Balaban J connectivity index is 1.60. The second-order valence-corrected chi connectivity index (χ2v) is 5.78. The van der Waals surface area contributed by atoms with Crippen LogP contribution in [0.2, 0.25) is 0 Å². The summed E-state index contributed by atoms with van der Waals surface area (Å²) in [6.45, 7) is 3.16. The first-order valence-electron chi connectivity index (χ1n) is 8.10. The number of amides is 2. The number of ether oxygens (including phenoxy) is 3. The highest BCUT2D eigenvalue weighted by molar-refractivity contribution is 5.89. The SMILES string of the molecule is COCCn1cc(NC(=O)N2CCCCC2C2OCCO2)cn1. The Hall–Kier alpha value is -1.64. The maximum absolute atomic E-state index is 12.6. The van der Waals surface area contributed by atoms with Gasteiger partial charge in [0.1, 0.15) is 0 Å². The third-order valence-electron chi connectivity index (χ3n) is 4.18. The Kier molecular flexibility index (Phi) is 5.47. The summed E-state index contributed by atoms with van der Waals surface area (Å²) >= 11 is 0. The topological polar surface area (TPSA) is 77.9 Å². The summed E-state index contributed by atoms with van der Waals surface area (Å²) in [4.78, 5) is 14.4. The molecule has 2 aliphatic heterocycles. The van der Waals surface area contributed by atoms with Crippen molar-refractivity contribution in [2.45, 2.75) is 38.1 Å². The maximum atomic E-state index is 12.6. The van der Waals surface area contributed by atoms with Crippen LogP contribution in [0.15, 0.2) is 12.4 Å². The lowest BCUT2D eigenvalue weighted by Crippen LogP contribution is -2.51. The van der Waals surface area contributed by atoms with E-state index in [2.05, 4.69) is 10.4 Å². The Bertz CT molecular complexity index is 515. The fourth-order valence-electron chi connectivity index (χ4n) is 3.02. The van der Waals surface area contributed by atoms with Crippen LogP contribution in [-0.4, -0.2) is 66.5 Å². The van der Waals surface area contributed by atoms with Gasteiger partial charge in [-0.05, 0) is 19.3 Å². The van der Waals surface area contributed by atoms with Gasteiger partial charge >= 0.3 is 6.03 Å². The smallest absolute Gasteiger partial charge is 0.322 e. The van der Waals surface area contributed by atoms with Gasteiger partial charge in [-0.25, -0.2) is 4.79 Å². The zero-order valence-corrected chi connectivity index (χ0v) is 13.4. The van der Waals surface area contributed by atoms with E-state index in [1.54, 1.807) is 24.2 Å². The summed E-state index contributed by atoms with van der Waals surface area (Å²) < 4.78 is 18.0. The highest BCUT2D eigenvalue weighted by Crippen LogP contribution is 2.25. The summed E-state index contributed by atoms with van der Waals surface area (Å²) in [5, 5.41) is 7.12. The van der Waals surface area contributed by atoms with Gasteiger partial charge in [0.05, 0.1) is 44.3 Å². The van der Waals surface area contributed by atoms with Crippen LogP contribution in [-0.2, 0) is 20.8 Å². The molecule has 3 heterocycles. The first-order chi connectivity index (χ1) is 11.3. The van der Waals surface area contributed by atoms with Crippen molar-refractivity contribution < 1.29 is 19.0 Å². The molecule has 8 nitrogen and oxygen atoms in total. The Morgan fingerprint density at radius 3 is 3.04 bits per heavy atom. The maximum Gasteiger partial charge on any atom is 0.322 e. The normalized spacial score (nSPS) is 22.5. The lowest BCUT2D eigenvalue weighted by Gasteiger charge is -2.37. The molecule has 8 heteroatoms. The first-order valence-corrected chi connectivity index (χ1v) is 8.10. The molecule has 2 aliphatic rings. The van der Waals surface area contributed by atoms with E-state index >= 15 is 0 Å². The van der Waals surface area contributed by atoms with Gasteiger partial charge in [-0.15, -0.1) is 0 Å². The summed E-state index contributed by atoms with van der Waals surface area (Å²) in [5.41, 5.74) is 0.684. The van der Waals surface area contributed by atoms with Crippen molar-refractivity contribution in [1.82, 2.24) is 14.7 Å². The van der Waals surface area contributed by atoms with E-state index in [0.29, 0.717) is 32.1 Å². The van der Waals surface area contributed by atoms with Gasteiger partial charge in [-0.3, -0.25) is 4.68 Å². The quantitative estimate of drug-likeness (QED) is 0.883. The molecule has 0 radical (unpaired) electrons. The second-order valence-electron chi connectivity index (χ2n) is 5.78. The van der Waals surface area contributed by atoms with Crippen molar-refractivity contribution in [3.8, 4) is 0 Å². The molecule has 0 saturated carbocycles. The summed E-state index contributed by atoms with van der Waals surface area (Å²) in [6.07, 6.45) is 6.15. The standard InChI is InChI=1S/C15H24N4O4/c1-21-7-6-18-11-12(10-16-18)17-15(20)19-5-3-2-4-13(19)14-22-8-9-23-14/h10-11,13-14H,2-9H2,1H3,(H,17,20). The van der Waals surface area contributed by atoms with Crippen LogP contribution in [0.4, 0.5) is 10.5 Å². The lowest BCUT2D eigenvalue weighted by atomic mass is 10.0. The first kappa shape index (κ1) is 16.2. The fourth-order valence-corrected chi connectivity index (χ4v) is 3.02. The number of urea groups is 1. The minimum atomic E-state index is -0.300. The number of likely N-dealkylation sites (tertiary alicyclic amines) is 1. The molecule has 0 spiro atoms. The number of piperidine rings is 1. The monoisotopic (exact) mass is 324 g/mol. The van der Waals surface area contributed by atoms with Gasteiger partial charge in [-0.2, -0.15) is 5.10 Å². The number of rotatable bonds is 5. The van der Waals surface area contributed by atoms with Crippen molar-refractivity contribution in [2.75, 3.05) is 38.8 Å². The number of hydrogen-bond acceptors (Lipinski definition) is 5. The van der Waals surface area contributed by atoms with Crippen molar-refractivity contribution in [2.24, 2.45) is 0 Å². The molecule has 1 aromatic heterocycles. The zero-order valence-electron chi connectivity index (χ0n) is 13.4. The molecule has 128 valence electrons. The molecule has 1 N–H and O–H groups in total. The Morgan fingerprint density at radius 1 is 1.43 bits per heavy atom. The molecule has 1 aromatic rings. The predicted octanol–water partition coefficient (Wildman–Crippen LogP) is 1.29. The molecule has 0 aromatic carbocycles. The van der Waals surface area contributed by atoms with Crippen LogP contribution in [0.3, 0.4) is 0 Å². The largest absolute Gasteiger partial charge is 0.383 e. The van der Waals surface area contributed by atoms with Crippen LogP contribution in [0.1, 0.15) is 19.3 Å². The van der Waals surface area contributed by atoms with Crippen molar-refractivity contribution >= 4 is 11.7 Å². The van der Waals surface area contributed by atoms with Gasteiger partial charge in [0.2, 0.25) is 0 Å². The lowest BCUT2D eigenvalue weighted by molar-refractivity contribution is -0.0973. The minimum Gasteiger partial charge on any atom is -0.383 e. The summed E-state index contributed by atoms with van der Waals surface area (Å²) in [6, 6.07) is -0.144. The van der Waals surface area contributed by atoms with E-state index in [9.17, 15) is 4.79 Å². The zero-order chi connectivity index (χ0) is 16.1. The molecular formula is C15H24N4O4. The number of aromatic nitrogens is 2. The van der Waals surface area contributed by atoms with Crippen LogP contribution >= 0.6 is 0 Å². The van der Waals surface area contributed by atoms with Gasteiger partial charge in [-0.1, -0.05) is 0 Å². The van der Waals surface area contributed by atoms with E-state index in [-0.39, 0.29) is 18.4 Å². The number of hydrogen-bond donors (Lipinski definition) is 1. The van der Waals surface area contributed by atoms with Gasteiger partial charge in [0.25, 0.3) is 0 Å². The third kappa shape index (κ3) is 4.01. The number of nitrogens with zero attached hydrogens (tertiary/aromatic N) is 3. The molecule has 23 heavy (non-hydrogen) atoms. The third-order valence-corrected chi connectivity index (χ3v) is 4.18. The summed E-state index contributed by atoms with van der Waals surface area (Å²) in [5.74, 6) is 0. The van der Waals surface area contributed by atoms with Crippen molar-refractivity contribution in [3.05, 3.63) is 12.4 Å². The van der Waals surface area contributed by atoms with E-state index in [0.717, 1.165) is 25.8 Å². The van der Waals surface area contributed by atoms with Crippen LogP contribution in [0.5, 0.6) is 0 Å². The molecule has 0 bridgehead atoms. The average Bonchev–Trinajstić information content (AvgIpc) is 3.25. The van der Waals surface area contributed by atoms with Gasteiger partial charge in [0, 0.05) is 19.9 Å². The molecule has 2 fully saturated rings. The Labute approximate surface area is 135 Å². The molecule has 3 rings (SSSR count). The van der Waals surface area contributed by atoms with Crippen LogP contribution in [0, 0.1) is 0 Å². The number of carbonyl (C=O) groups excluding carboxylic acids is 1. The number of anilines is 1. The highest BCUT2D eigenvalue weighted by Gasteiger charge is 2.36. The molecule has 1 unspecified atom stereocenters. The summed E-state index contributed by atoms with van der Waals surface area (Å²) in [7, 11) is 1.65. The minimum absolute atomic E-state index is 0.0187. The Morgan fingerprint density at radius 2 is 2.26 bits per heavy atom. The van der Waals surface area contributed by atoms with E-state index in [1.807, 2.05) is 4.90 Å². The van der Waals surface area contributed by atoms with Gasteiger partial charge < -0.3 is 24.4 Å². The highest BCUT2D eigenvalue weighted by atomic mass is 16.7. The van der Waals surface area contributed by atoms with E-state index < -0.39 is 0 Å². The second kappa shape index (κ2) is 7.76. The molecule has 1 atom stereocenters. The van der Waals surface area contributed by atoms with E-state index in [4.69, 9.17) is 14.2 Å². The molecule has 2 saturated heterocycles. The molecular weight excluding hydrogens is 300 g/mol. The van der Waals surface area contributed by atoms with Crippen molar-refractivity contribution in [1.29, 1.82) is 0 Å². The van der Waals surface area contributed by atoms with E-state index in [1.165, 1.54) is 0 Å². The molecule has 0 aliphatic carbocycles. The number of carbonyl (C=O) groups is 1. The predicted molar refractivity (Wildman–Crippen MR) is 83.2 cm³/mol. The van der Waals surface area contributed by atoms with Crippen LogP contribution in [0.25, 0.3) is 0 Å². The fraction of sp³-hybridized carbons (Fsp3) is 0.733. The average molecular weight is 324 g/mol.